The van der Waals surface area contributed by atoms with Crippen LogP contribution in [0, 0.1) is 5.82 Å². The van der Waals surface area contributed by atoms with Crippen molar-refractivity contribution in [2.45, 2.75) is 57.3 Å². The predicted octanol–water partition coefficient (Wildman–Crippen LogP) is 4.03. The van der Waals surface area contributed by atoms with Crippen molar-refractivity contribution in [2.75, 3.05) is 0 Å². The maximum absolute atomic E-state index is 13.3. The summed E-state index contributed by atoms with van der Waals surface area (Å²) in [6.07, 6.45) is -5.48. The highest BCUT2D eigenvalue weighted by molar-refractivity contribution is 6.48. The zero-order valence-corrected chi connectivity index (χ0v) is 14.3. The fraction of sp³-hybridized carbons (Fsp3) is 0.562. The second-order valence-corrected chi connectivity index (χ2v) is 7.06. The molecule has 1 heterocycles. The summed E-state index contributed by atoms with van der Waals surface area (Å²) in [6, 6.07) is 2.16. The first-order valence-corrected chi connectivity index (χ1v) is 7.69. The average Bonchev–Trinajstić information content (AvgIpc) is 2.63. The normalized spacial score (nSPS) is 20.6. The first kappa shape index (κ1) is 19.7. The first-order valence-electron chi connectivity index (χ1n) is 7.69. The number of alkyl halides is 3. The van der Waals surface area contributed by atoms with E-state index in [2.05, 4.69) is 0 Å². The molecule has 1 atom stereocenters. The Morgan fingerprint density at radius 2 is 1.72 bits per heavy atom. The molecular formula is C16H19BF4O4. The van der Waals surface area contributed by atoms with Crippen LogP contribution in [0.5, 0.6) is 0 Å². The lowest BCUT2D eigenvalue weighted by Crippen LogP contribution is -2.41. The third-order valence-electron chi connectivity index (χ3n) is 4.71. The number of benzene rings is 1. The Morgan fingerprint density at radius 1 is 1.20 bits per heavy atom. The molecule has 0 aromatic heterocycles. The van der Waals surface area contributed by atoms with E-state index in [4.69, 9.17) is 14.4 Å². The van der Waals surface area contributed by atoms with E-state index in [0.717, 1.165) is 12.1 Å². The SMILES string of the molecule is CC1(C)OB(C(CC(=O)O)c2ccc(F)cc2C(F)(F)F)OC1(C)C. The minimum Gasteiger partial charge on any atom is -0.481 e. The average molecular weight is 362 g/mol. The Labute approximate surface area is 143 Å². The third-order valence-corrected chi connectivity index (χ3v) is 4.71. The van der Waals surface area contributed by atoms with E-state index in [-0.39, 0.29) is 5.56 Å². The highest BCUT2D eigenvalue weighted by atomic mass is 19.4. The van der Waals surface area contributed by atoms with Gasteiger partial charge in [0.1, 0.15) is 5.82 Å². The van der Waals surface area contributed by atoms with Crippen molar-refractivity contribution in [3.05, 3.63) is 35.1 Å². The molecule has 0 amide bonds. The van der Waals surface area contributed by atoms with Crippen molar-refractivity contribution < 1.29 is 36.8 Å². The minimum atomic E-state index is -4.84. The minimum absolute atomic E-state index is 0.357. The standard InChI is InChI=1S/C16H19BF4O4/c1-14(2)15(3,4)25-17(24-14)12(8-13(22)23)10-6-5-9(18)7-11(10)16(19,20)21/h5-7,12H,8H2,1-4H3,(H,22,23). The maximum atomic E-state index is 13.3. The summed E-state index contributed by atoms with van der Waals surface area (Å²) in [5.74, 6) is -3.60. The van der Waals surface area contributed by atoms with Gasteiger partial charge in [0.2, 0.25) is 0 Å². The zero-order valence-electron chi connectivity index (χ0n) is 14.3. The maximum Gasteiger partial charge on any atom is 0.466 e. The van der Waals surface area contributed by atoms with Gasteiger partial charge in [0, 0.05) is 5.82 Å². The van der Waals surface area contributed by atoms with E-state index in [1.165, 1.54) is 0 Å². The number of halogens is 4. The lowest BCUT2D eigenvalue weighted by molar-refractivity contribution is -0.140. The topological polar surface area (TPSA) is 55.8 Å². The monoisotopic (exact) mass is 362 g/mol. The Balaban J connectivity index is 2.52. The molecule has 1 N–H and O–H groups in total. The van der Waals surface area contributed by atoms with E-state index in [0.29, 0.717) is 6.07 Å². The largest absolute Gasteiger partial charge is 0.481 e. The number of carboxylic acid groups (broad SMARTS) is 1. The molecule has 0 bridgehead atoms. The third kappa shape index (κ3) is 3.98. The molecule has 0 aliphatic carbocycles. The number of carboxylic acids is 1. The highest BCUT2D eigenvalue weighted by Crippen LogP contribution is 2.44. The van der Waals surface area contributed by atoms with E-state index in [1.807, 2.05) is 0 Å². The fourth-order valence-electron chi connectivity index (χ4n) is 2.69. The molecule has 1 saturated heterocycles. The molecule has 1 aromatic rings. The molecule has 4 nitrogen and oxygen atoms in total. The van der Waals surface area contributed by atoms with Gasteiger partial charge in [-0.15, -0.1) is 0 Å². The number of hydrogen-bond donors (Lipinski definition) is 1. The Hall–Kier alpha value is -1.61. The second kappa shape index (κ2) is 6.28. The molecule has 1 aliphatic rings. The predicted molar refractivity (Wildman–Crippen MR) is 82.5 cm³/mol. The lowest BCUT2D eigenvalue weighted by Gasteiger charge is -2.32. The zero-order chi connectivity index (χ0) is 19.2. The molecule has 1 fully saturated rings. The molecule has 138 valence electrons. The van der Waals surface area contributed by atoms with Gasteiger partial charge in [-0.1, -0.05) is 6.07 Å². The van der Waals surface area contributed by atoms with Crippen molar-refractivity contribution in [3.8, 4) is 0 Å². The van der Waals surface area contributed by atoms with Crippen molar-refractivity contribution in [1.82, 2.24) is 0 Å². The Kier molecular flexibility index (Phi) is 4.95. The van der Waals surface area contributed by atoms with E-state index in [1.54, 1.807) is 27.7 Å². The summed E-state index contributed by atoms with van der Waals surface area (Å²) in [4.78, 5) is 11.2. The van der Waals surface area contributed by atoms with Gasteiger partial charge in [-0.2, -0.15) is 13.2 Å². The van der Waals surface area contributed by atoms with Gasteiger partial charge in [-0.3, -0.25) is 4.79 Å². The van der Waals surface area contributed by atoms with Gasteiger partial charge < -0.3 is 14.4 Å². The van der Waals surface area contributed by atoms with Gasteiger partial charge in [-0.05, 0) is 45.4 Å². The fourth-order valence-corrected chi connectivity index (χ4v) is 2.69. The van der Waals surface area contributed by atoms with Crippen LogP contribution in [0.25, 0.3) is 0 Å². The first-order chi connectivity index (χ1) is 11.2. The molecule has 0 radical (unpaired) electrons. The van der Waals surface area contributed by atoms with Gasteiger partial charge in [0.15, 0.2) is 0 Å². The molecule has 1 aliphatic heterocycles. The number of aliphatic carboxylic acids is 1. The second-order valence-electron chi connectivity index (χ2n) is 7.06. The number of rotatable bonds is 4. The molecule has 0 spiro atoms. The van der Waals surface area contributed by atoms with Gasteiger partial charge in [0.25, 0.3) is 0 Å². The molecule has 25 heavy (non-hydrogen) atoms. The summed E-state index contributed by atoms with van der Waals surface area (Å²) >= 11 is 0. The van der Waals surface area contributed by atoms with Crippen LogP contribution in [0.15, 0.2) is 18.2 Å². The number of carbonyl (C=O) groups is 1. The van der Waals surface area contributed by atoms with E-state index in [9.17, 15) is 22.4 Å². The quantitative estimate of drug-likeness (QED) is 0.649. The van der Waals surface area contributed by atoms with Crippen LogP contribution in [0.4, 0.5) is 17.6 Å². The van der Waals surface area contributed by atoms with Crippen LogP contribution >= 0.6 is 0 Å². The lowest BCUT2D eigenvalue weighted by atomic mass is 9.65. The molecule has 1 unspecified atom stereocenters. The summed E-state index contributed by atoms with van der Waals surface area (Å²) in [5, 5.41) is 9.15. The Morgan fingerprint density at radius 3 is 2.16 bits per heavy atom. The highest BCUT2D eigenvalue weighted by Gasteiger charge is 2.55. The summed E-state index contributed by atoms with van der Waals surface area (Å²) in [7, 11) is -1.20. The van der Waals surface area contributed by atoms with Crippen LogP contribution in [-0.2, 0) is 20.3 Å². The van der Waals surface area contributed by atoms with Crippen LogP contribution in [0.2, 0.25) is 0 Å². The molecule has 2 rings (SSSR count). The van der Waals surface area contributed by atoms with Gasteiger partial charge >= 0.3 is 19.3 Å². The van der Waals surface area contributed by atoms with Crippen LogP contribution in [-0.4, -0.2) is 29.4 Å². The molecular weight excluding hydrogens is 343 g/mol. The van der Waals surface area contributed by atoms with Gasteiger partial charge in [0.05, 0.1) is 23.2 Å². The summed E-state index contributed by atoms with van der Waals surface area (Å²) < 4.78 is 64.8. The van der Waals surface area contributed by atoms with Crippen LogP contribution < -0.4 is 0 Å². The molecule has 1 aromatic carbocycles. The van der Waals surface area contributed by atoms with Crippen LogP contribution in [0.1, 0.15) is 51.1 Å². The summed E-state index contributed by atoms with van der Waals surface area (Å²) in [6.45, 7) is 6.83. The van der Waals surface area contributed by atoms with Crippen LogP contribution in [0.3, 0.4) is 0 Å². The van der Waals surface area contributed by atoms with Crippen molar-refractivity contribution in [1.29, 1.82) is 0 Å². The molecule has 9 heteroatoms. The van der Waals surface area contributed by atoms with Crippen molar-refractivity contribution in [3.63, 3.8) is 0 Å². The smallest absolute Gasteiger partial charge is 0.466 e. The summed E-state index contributed by atoms with van der Waals surface area (Å²) in [5.41, 5.74) is -3.28. The van der Waals surface area contributed by atoms with Gasteiger partial charge in [-0.25, -0.2) is 4.39 Å². The van der Waals surface area contributed by atoms with Crippen molar-refractivity contribution in [2.24, 2.45) is 0 Å². The van der Waals surface area contributed by atoms with E-state index < -0.39 is 54.1 Å². The number of hydrogen-bond acceptors (Lipinski definition) is 3. The van der Waals surface area contributed by atoms with E-state index >= 15 is 0 Å². The molecule has 0 saturated carbocycles. The van der Waals surface area contributed by atoms with Crippen molar-refractivity contribution >= 4 is 13.1 Å². The Bertz CT molecular complexity index is 657.